The van der Waals surface area contributed by atoms with Gasteiger partial charge in [0.15, 0.2) is 0 Å². The van der Waals surface area contributed by atoms with Crippen molar-refractivity contribution in [1.29, 1.82) is 0 Å². The number of rotatable bonds is 6. The summed E-state index contributed by atoms with van der Waals surface area (Å²) < 4.78 is 43.9. The molecule has 2 amide bonds. The molecular weight excluding hydrogens is 453 g/mol. The van der Waals surface area contributed by atoms with Crippen molar-refractivity contribution in [3.63, 3.8) is 0 Å². The van der Waals surface area contributed by atoms with Crippen molar-refractivity contribution in [2.24, 2.45) is 5.73 Å². The van der Waals surface area contributed by atoms with Crippen LogP contribution in [0.3, 0.4) is 0 Å². The Morgan fingerprint density at radius 2 is 1.94 bits per heavy atom. The number of amides is 2. The van der Waals surface area contributed by atoms with Crippen LogP contribution in [-0.4, -0.2) is 73.2 Å². The first kappa shape index (κ1) is 25.3. The summed E-state index contributed by atoms with van der Waals surface area (Å²) >= 11 is 0. The SMILES string of the molecule is CN1CCC(N(C)C(=O)N2CC(c3cc(F)ccc3F)=C[C@@]2(CCCN)c2ccccc2)C(F)C1. The Morgan fingerprint density at radius 1 is 1.20 bits per heavy atom. The number of likely N-dealkylation sites (tertiary alicyclic amines) is 1. The molecule has 2 aliphatic rings. The third-order valence-electron chi connectivity index (χ3n) is 7.27. The smallest absolute Gasteiger partial charge is 0.321 e. The molecule has 0 radical (unpaired) electrons. The highest BCUT2D eigenvalue weighted by Crippen LogP contribution is 2.44. The van der Waals surface area contributed by atoms with Crippen LogP contribution >= 0.6 is 0 Å². The van der Waals surface area contributed by atoms with Gasteiger partial charge in [-0.25, -0.2) is 18.0 Å². The van der Waals surface area contributed by atoms with Crippen LogP contribution in [-0.2, 0) is 5.54 Å². The number of benzene rings is 2. The highest BCUT2D eigenvalue weighted by Gasteiger charge is 2.47. The second kappa shape index (κ2) is 10.4. The van der Waals surface area contributed by atoms with Crippen LogP contribution in [0.25, 0.3) is 5.57 Å². The van der Waals surface area contributed by atoms with Gasteiger partial charge in [-0.15, -0.1) is 0 Å². The number of hydrogen-bond acceptors (Lipinski definition) is 3. The molecule has 2 aliphatic heterocycles. The summed E-state index contributed by atoms with van der Waals surface area (Å²) in [5.74, 6) is -1.11. The van der Waals surface area contributed by atoms with Gasteiger partial charge in [-0.05, 0) is 68.3 Å². The van der Waals surface area contributed by atoms with Crippen LogP contribution in [0.2, 0.25) is 0 Å². The van der Waals surface area contributed by atoms with E-state index in [2.05, 4.69) is 0 Å². The van der Waals surface area contributed by atoms with Gasteiger partial charge in [-0.3, -0.25) is 0 Å². The maximum absolute atomic E-state index is 15.0. The molecule has 4 rings (SSSR count). The molecule has 0 aliphatic carbocycles. The summed E-state index contributed by atoms with van der Waals surface area (Å²) in [7, 11) is 3.49. The molecule has 188 valence electrons. The minimum atomic E-state index is -1.17. The number of hydrogen-bond donors (Lipinski definition) is 1. The topological polar surface area (TPSA) is 52.8 Å². The van der Waals surface area contributed by atoms with E-state index in [0.29, 0.717) is 37.9 Å². The van der Waals surface area contributed by atoms with Gasteiger partial charge in [0.2, 0.25) is 0 Å². The number of urea groups is 1. The summed E-state index contributed by atoms with van der Waals surface area (Å²) in [6, 6.07) is 11.9. The number of nitrogens with zero attached hydrogens (tertiary/aromatic N) is 3. The Kier molecular flexibility index (Phi) is 7.52. The minimum absolute atomic E-state index is 0.0760. The Balaban J connectivity index is 1.78. The van der Waals surface area contributed by atoms with Crippen molar-refractivity contribution >= 4 is 11.6 Å². The number of carbonyl (C=O) groups excluding carboxylic acids is 1. The van der Waals surface area contributed by atoms with Gasteiger partial charge in [-0.1, -0.05) is 30.3 Å². The molecule has 2 aromatic carbocycles. The van der Waals surface area contributed by atoms with E-state index in [1.807, 2.05) is 48.4 Å². The molecule has 0 spiro atoms. The van der Waals surface area contributed by atoms with Crippen molar-refractivity contribution < 1.29 is 18.0 Å². The Labute approximate surface area is 205 Å². The van der Waals surface area contributed by atoms with Crippen LogP contribution in [0.1, 0.15) is 30.4 Å². The van der Waals surface area contributed by atoms with E-state index in [9.17, 15) is 18.0 Å². The average Bonchev–Trinajstić information content (AvgIpc) is 3.24. The highest BCUT2D eigenvalue weighted by molar-refractivity contribution is 5.83. The fourth-order valence-corrected chi connectivity index (χ4v) is 5.37. The van der Waals surface area contributed by atoms with Crippen LogP contribution < -0.4 is 5.73 Å². The van der Waals surface area contributed by atoms with Gasteiger partial charge in [0, 0.05) is 32.2 Å². The Bertz CT molecular complexity index is 1080. The van der Waals surface area contributed by atoms with Crippen molar-refractivity contribution in [3.8, 4) is 0 Å². The fourth-order valence-electron chi connectivity index (χ4n) is 5.37. The Hall–Kier alpha value is -2.84. The second-order valence-corrected chi connectivity index (χ2v) is 9.59. The van der Waals surface area contributed by atoms with E-state index in [1.165, 1.54) is 4.90 Å². The predicted octanol–water partition coefficient (Wildman–Crippen LogP) is 4.39. The zero-order valence-electron chi connectivity index (χ0n) is 20.3. The monoisotopic (exact) mass is 486 g/mol. The van der Waals surface area contributed by atoms with Crippen molar-refractivity contribution in [3.05, 3.63) is 77.4 Å². The first-order valence-electron chi connectivity index (χ1n) is 12.1. The number of piperidine rings is 1. The minimum Gasteiger partial charge on any atom is -0.330 e. The molecule has 2 heterocycles. The molecule has 1 fully saturated rings. The molecule has 3 atom stereocenters. The van der Waals surface area contributed by atoms with E-state index in [1.54, 1.807) is 11.9 Å². The van der Waals surface area contributed by atoms with Gasteiger partial charge in [-0.2, -0.15) is 0 Å². The standard InChI is InChI=1S/C27H33F3N4O/c1-32-14-11-25(24(30)18-32)33(2)26(35)34-17-19(22-15-21(28)9-10-23(22)29)16-27(34,12-6-13-31)20-7-4-3-5-8-20/h3-5,7-10,15-16,24-25H,6,11-14,17-18,31H2,1-2H3/t24?,25?,27-/m0/s1. The van der Waals surface area contributed by atoms with Crippen molar-refractivity contribution in [1.82, 2.24) is 14.7 Å². The predicted molar refractivity (Wildman–Crippen MR) is 131 cm³/mol. The van der Waals surface area contributed by atoms with Gasteiger partial charge in [0.25, 0.3) is 0 Å². The lowest BCUT2D eigenvalue weighted by Crippen LogP contribution is -2.57. The van der Waals surface area contributed by atoms with E-state index in [-0.39, 0.29) is 24.7 Å². The van der Waals surface area contributed by atoms with Crippen LogP contribution in [0, 0.1) is 11.6 Å². The summed E-state index contributed by atoms with van der Waals surface area (Å²) in [5.41, 5.74) is 6.44. The highest BCUT2D eigenvalue weighted by atomic mass is 19.1. The molecule has 2 unspecified atom stereocenters. The summed E-state index contributed by atoms with van der Waals surface area (Å²) in [5, 5.41) is 0. The Morgan fingerprint density at radius 3 is 2.63 bits per heavy atom. The maximum atomic E-state index is 15.0. The molecular formula is C27H33F3N4O. The van der Waals surface area contributed by atoms with E-state index < -0.39 is 29.4 Å². The molecule has 1 saturated heterocycles. The summed E-state index contributed by atoms with van der Waals surface area (Å²) in [6.45, 7) is 1.44. The van der Waals surface area contributed by atoms with Gasteiger partial charge in [0.05, 0.1) is 11.6 Å². The lowest BCUT2D eigenvalue weighted by atomic mass is 9.84. The van der Waals surface area contributed by atoms with E-state index in [0.717, 1.165) is 23.8 Å². The molecule has 0 saturated carbocycles. The van der Waals surface area contributed by atoms with Gasteiger partial charge >= 0.3 is 6.03 Å². The molecule has 5 nitrogen and oxygen atoms in total. The second-order valence-electron chi connectivity index (χ2n) is 9.59. The number of nitrogens with two attached hydrogens (primary N) is 1. The number of halogens is 3. The van der Waals surface area contributed by atoms with Crippen molar-refractivity contribution in [2.45, 2.75) is 37.0 Å². The lowest BCUT2D eigenvalue weighted by molar-refractivity contribution is 0.0507. The third kappa shape index (κ3) is 4.95. The number of alkyl halides is 1. The summed E-state index contributed by atoms with van der Waals surface area (Å²) in [6.07, 6.45) is 2.32. The largest absolute Gasteiger partial charge is 0.330 e. The number of carbonyl (C=O) groups is 1. The quantitative estimate of drug-likeness (QED) is 0.659. The molecule has 35 heavy (non-hydrogen) atoms. The van der Waals surface area contributed by atoms with Crippen LogP contribution in [0.4, 0.5) is 18.0 Å². The van der Waals surface area contributed by atoms with Gasteiger partial charge in [0.1, 0.15) is 17.8 Å². The first-order chi connectivity index (χ1) is 16.8. The molecule has 0 bridgehead atoms. The van der Waals surface area contributed by atoms with E-state index >= 15 is 0 Å². The van der Waals surface area contributed by atoms with E-state index in [4.69, 9.17) is 5.73 Å². The molecule has 2 N–H and O–H groups in total. The maximum Gasteiger partial charge on any atom is 0.321 e. The summed E-state index contributed by atoms with van der Waals surface area (Å²) in [4.78, 5) is 19.1. The molecule has 0 aromatic heterocycles. The normalized spacial score (nSPS) is 25.0. The average molecular weight is 487 g/mol. The lowest BCUT2D eigenvalue weighted by Gasteiger charge is -2.44. The molecule has 2 aromatic rings. The fraction of sp³-hybridized carbons (Fsp3) is 0.444. The first-order valence-corrected chi connectivity index (χ1v) is 12.1. The van der Waals surface area contributed by atoms with Gasteiger partial charge < -0.3 is 20.4 Å². The van der Waals surface area contributed by atoms with Crippen LogP contribution in [0.15, 0.2) is 54.6 Å². The zero-order chi connectivity index (χ0) is 25.2. The molecule has 8 heteroatoms. The van der Waals surface area contributed by atoms with Crippen molar-refractivity contribution in [2.75, 3.05) is 40.3 Å². The zero-order valence-corrected chi connectivity index (χ0v) is 20.3. The van der Waals surface area contributed by atoms with Crippen LogP contribution in [0.5, 0.6) is 0 Å². The third-order valence-corrected chi connectivity index (χ3v) is 7.27.